The fourth-order valence-corrected chi connectivity index (χ4v) is 5.83. The van der Waals surface area contributed by atoms with Gasteiger partial charge < -0.3 is 10.2 Å². The van der Waals surface area contributed by atoms with Crippen molar-refractivity contribution in [3.05, 3.63) is 59.9 Å². The van der Waals surface area contributed by atoms with Crippen molar-refractivity contribution in [2.24, 2.45) is 5.92 Å². The van der Waals surface area contributed by atoms with Crippen molar-refractivity contribution in [3.63, 3.8) is 0 Å². The Kier molecular flexibility index (Phi) is 6.57. The summed E-state index contributed by atoms with van der Waals surface area (Å²) >= 11 is 0. The number of carbonyl (C=O) groups is 2. The van der Waals surface area contributed by atoms with E-state index in [4.69, 9.17) is 0 Å². The summed E-state index contributed by atoms with van der Waals surface area (Å²) in [4.78, 5) is 26.8. The van der Waals surface area contributed by atoms with Crippen LogP contribution in [-0.4, -0.2) is 55.6 Å². The molecule has 2 fully saturated rings. The Balaban J connectivity index is 1.49. The van der Waals surface area contributed by atoms with Gasteiger partial charge in [-0.1, -0.05) is 18.2 Å². The summed E-state index contributed by atoms with van der Waals surface area (Å²) in [6, 6.07) is 12.6. The molecule has 0 saturated carbocycles. The lowest BCUT2D eigenvalue weighted by Gasteiger charge is -2.32. The van der Waals surface area contributed by atoms with Crippen LogP contribution in [0.15, 0.2) is 53.4 Å². The van der Waals surface area contributed by atoms with Crippen LogP contribution >= 0.6 is 0 Å². The first kappa shape index (κ1) is 22.4. The maximum absolute atomic E-state index is 14.4. The van der Waals surface area contributed by atoms with Crippen LogP contribution in [0, 0.1) is 11.7 Å². The van der Waals surface area contributed by atoms with E-state index in [0.717, 1.165) is 25.0 Å². The van der Waals surface area contributed by atoms with Crippen LogP contribution in [0.2, 0.25) is 0 Å². The zero-order valence-electron chi connectivity index (χ0n) is 17.7. The summed E-state index contributed by atoms with van der Waals surface area (Å²) < 4.78 is 41.3. The van der Waals surface area contributed by atoms with Gasteiger partial charge in [-0.05, 0) is 56.0 Å². The molecule has 2 aliphatic rings. The first-order valence-corrected chi connectivity index (χ1v) is 12.2. The van der Waals surface area contributed by atoms with Gasteiger partial charge in [-0.3, -0.25) is 9.59 Å². The van der Waals surface area contributed by atoms with Gasteiger partial charge in [0, 0.05) is 37.4 Å². The van der Waals surface area contributed by atoms with Crippen LogP contribution < -0.4 is 5.32 Å². The number of hydrogen-bond acceptors (Lipinski definition) is 4. The zero-order chi connectivity index (χ0) is 22.7. The molecule has 1 N–H and O–H groups in total. The third kappa shape index (κ3) is 4.68. The number of sulfonamides is 1. The number of likely N-dealkylation sites (tertiary alicyclic amines) is 1. The number of anilines is 1. The van der Waals surface area contributed by atoms with Crippen LogP contribution in [-0.2, 0) is 14.8 Å². The summed E-state index contributed by atoms with van der Waals surface area (Å²) in [6.45, 7) is 1.39. The second kappa shape index (κ2) is 9.38. The molecule has 2 saturated heterocycles. The molecule has 9 heteroatoms. The molecule has 2 amide bonds. The molecule has 2 heterocycles. The first-order valence-electron chi connectivity index (χ1n) is 10.8. The van der Waals surface area contributed by atoms with Crippen molar-refractivity contribution in [3.8, 4) is 0 Å². The van der Waals surface area contributed by atoms with E-state index in [1.165, 1.54) is 15.3 Å². The summed E-state index contributed by atoms with van der Waals surface area (Å²) in [5.74, 6) is -1.81. The van der Waals surface area contributed by atoms with Gasteiger partial charge in [0.05, 0.1) is 5.92 Å². The third-order valence-corrected chi connectivity index (χ3v) is 7.90. The van der Waals surface area contributed by atoms with Gasteiger partial charge in [0.15, 0.2) is 0 Å². The highest BCUT2D eigenvalue weighted by Gasteiger charge is 2.32. The number of halogens is 1. The lowest BCUT2D eigenvalue weighted by atomic mass is 9.96. The van der Waals surface area contributed by atoms with Gasteiger partial charge in [0.25, 0.3) is 5.91 Å². The van der Waals surface area contributed by atoms with Gasteiger partial charge in [0.1, 0.15) is 10.7 Å². The number of nitrogens with zero attached hydrogens (tertiary/aromatic N) is 2. The average molecular weight is 460 g/mol. The van der Waals surface area contributed by atoms with Crippen LogP contribution in [0.25, 0.3) is 0 Å². The quantitative estimate of drug-likeness (QED) is 0.745. The van der Waals surface area contributed by atoms with Crippen molar-refractivity contribution >= 4 is 27.5 Å². The zero-order valence-corrected chi connectivity index (χ0v) is 18.5. The molecule has 2 aromatic carbocycles. The van der Waals surface area contributed by atoms with E-state index in [-0.39, 0.29) is 23.9 Å². The highest BCUT2D eigenvalue weighted by atomic mass is 32.2. The Labute approximate surface area is 187 Å². The van der Waals surface area contributed by atoms with Crippen molar-refractivity contribution in [2.45, 2.75) is 30.6 Å². The number of rotatable bonds is 5. The average Bonchev–Trinajstić information content (AvgIpc) is 3.36. The van der Waals surface area contributed by atoms with Crippen molar-refractivity contribution < 1.29 is 22.4 Å². The molecule has 170 valence electrons. The SMILES string of the molecule is O=C(Nc1ccccc1)C1CCCN(C(=O)c2ccc(F)c(S(=O)(=O)N3CCCC3)c2)C1. The highest BCUT2D eigenvalue weighted by molar-refractivity contribution is 7.89. The van der Waals surface area contributed by atoms with Crippen molar-refractivity contribution in [1.82, 2.24) is 9.21 Å². The second-order valence-electron chi connectivity index (χ2n) is 8.20. The van der Waals surface area contributed by atoms with E-state index in [0.29, 0.717) is 38.2 Å². The number of nitrogens with one attached hydrogen (secondary N) is 1. The van der Waals surface area contributed by atoms with Gasteiger partial charge in [-0.25, -0.2) is 12.8 Å². The van der Waals surface area contributed by atoms with E-state index in [2.05, 4.69) is 5.32 Å². The Hall–Kier alpha value is -2.78. The maximum atomic E-state index is 14.4. The minimum atomic E-state index is -3.99. The number of amides is 2. The smallest absolute Gasteiger partial charge is 0.253 e. The van der Waals surface area contributed by atoms with Gasteiger partial charge in [-0.15, -0.1) is 0 Å². The Bertz CT molecular complexity index is 1100. The number of para-hydroxylation sites is 1. The molecule has 2 aromatic rings. The molecule has 0 bridgehead atoms. The highest BCUT2D eigenvalue weighted by Crippen LogP contribution is 2.26. The summed E-state index contributed by atoms with van der Waals surface area (Å²) in [7, 11) is -3.99. The lowest BCUT2D eigenvalue weighted by Crippen LogP contribution is -2.43. The number of benzene rings is 2. The van der Waals surface area contributed by atoms with Crippen molar-refractivity contribution in [1.29, 1.82) is 0 Å². The maximum Gasteiger partial charge on any atom is 0.253 e. The molecule has 1 unspecified atom stereocenters. The minimum Gasteiger partial charge on any atom is -0.338 e. The Morgan fingerprint density at radius 3 is 2.41 bits per heavy atom. The summed E-state index contributed by atoms with van der Waals surface area (Å²) in [6.07, 6.45) is 2.78. The van der Waals surface area contributed by atoms with E-state index < -0.39 is 26.6 Å². The molecule has 32 heavy (non-hydrogen) atoms. The minimum absolute atomic E-state index is 0.105. The molecule has 1 atom stereocenters. The molecule has 2 aliphatic heterocycles. The normalized spacial score (nSPS) is 19.7. The summed E-state index contributed by atoms with van der Waals surface area (Å²) in [5, 5.41) is 2.87. The molecule has 0 radical (unpaired) electrons. The van der Waals surface area contributed by atoms with E-state index in [1.807, 2.05) is 18.2 Å². The largest absolute Gasteiger partial charge is 0.338 e. The molecule has 0 aliphatic carbocycles. The standard InChI is InChI=1S/C23H26FN3O4S/c24-20-11-10-17(15-21(20)32(30,31)27-13-4-5-14-27)23(29)26-12-6-7-18(16-26)22(28)25-19-8-2-1-3-9-19/h1-3,8-11,15,18H,4-7,12-14,16H2,(H,25,28). The predicted octanol–water partition coefficient (Wildman–Crippen LogP) is 3.10. The molecule has 4 rings (SSSR count). The third-order valence-electron chi connectivity index (χ3n) is 5.98. The van der Waals surface area contributed by atoms with Gasteiger partial charge >= 0.3 is 0 Å². The lowest BCUT2D eigenvalue weighted by molar-refractivity contribution is -0.121. The molecular weight excluding hydrogens is 433 g/mol. The van der Waals surface area contributed by atoms with Crippen LogP contribution in [0.3, 0.4) is 0 Å². The second-order valence-corrected chi connectivity index (χ2v) is 10.1. The topological polar surface area (TPSA) is 86.8 Å². The van der Waals surface area contributed by atoms with E-state index in [9.17, 15) is 22.4 Å². The van der Waals surface area contributed by atoms with E-state index >= 15 is 0 Å². The van der Waals surface area contributed by atoms with Crippen LogP contribution in [0.1, 0.15) is 36.0 Å². The fourth-order valence-electron chi connectivity index (χ4n) is 4.23. The Morgan fingerprint density at radius 1 is 0.969 bits per heavy atom. The summed E-state index contributed by atoms with van der Waals surface area (Å²) in [5.41, 5.74) is 0.796. The first-order chi connectivity index (χ1) is 15.4. The van der Waals surface area contributed by atoms with Crippen LogP contribution in [0.5, 0.6) is 0 Å². The van der Waals surface area contributed by atoms with E-state index in [1.54, 1.807) is 12.1 Å². The molecule has 7 nitrogen and oxygen atoms in total. The van der Waals surface area contributed by atoms with Gasteiger partial charge in [0.2, 0.25) is 15.9 Å². The molecule has 0 aromatic heterocycles. The number of piperidine rings is 1. The monoisotopic (exact) mass is 459 g/mol. The number of carbonyl (C=O) groups excluding carboxylic acids is 2. The predicted molar refractivity (Wildman–Crippen MR) is 118 cm³/mol. The molecule has 0 spiro atoms. The molecular formula is C23H26FN3O4S. The Morgan fingerprint density at radius 2 is 1.69 bits per heavy atom. The fraction of sp³-hybridized carbons (Fsp3) is 0.391. The van der Waals surface area contributed by atoms with Crippen molar-refractivity contribution in [2.75, 3.05) is 31.5 Å². The number of hydrogen-bond donors (Lipinski definition) is 1. The van der Waals surface area contributed by atoms with Gasteiger partial charge in [-0.2, -0.15) is 4.31 Å². The van der Waals surface area contributed by atoms with Crippen LogP contribution in [0.4, 0.5) is 10.1 Å².